The number of hydrogen-bond donors (Lipinski definition) is 0. The van der Waals surface area contributed by atoms with E-state index in [-0.39, 0.29) is 23.8 Å². The van der Waals surface area contributed by atoms with Gasteiger partial charge < -0.3 is 18.9 Å². The van der Waals surface area contributed by atoms with E-state index in [1.807, 2.05) is 13.8 Å². The molecule has 0 fully saturated rings. The molecule has 0 spiro atoms. The van der Waals surface area contributed by atoms with Gasteiger partial charge in [0.25, 0.3) is 0 Å². The first-order valence-corrected chi connectivity index (χ1v) is 11.8. The summed E-state index contributed by atoms with van der Waals surface area (Å²) in [6.07, 6.45) is 1.46. The summed E-state index contributed by atoms with van der Waals surface area (Å²) >= 11 is 0. The molecule has 1 aromatic carbocycles. The van der Waals surface area contributed by atoms with Crippen molar-refractivity contribution in [2.75, 3.05) is 19.8 Å². The molecule has 0 aliphatic heterocycles. The molecule has 192 valence electrons. The predicted octanol–water partition coefficient (Wildman–Crippen LogP) is 5.58. The minimum atomic E-state index is -2.57. The second-order valence-electron chi connectivity index (χ2n) is 8.00. The summed E-state index contributed by atoms with van der Waals surface area (Å²) in [6, 6.07) is 8.69. The number of aromatic nitrogens is 1. The van der Waals surface area contributed by atoms with Gasteiger partial charge in [0, 0.05) is 25.5 Å². The van der Waals surface area contributed by atoms with E-state index in [0.29, 0.717) is 18.8 Å². The topological polar surface area (TPSA) is 84.0 Å². The number of unbranched alkanes of at least 4 members (excludes halogenated alkanes) is 2. The second kappa shape index (κ2) is 15.2. The van der Waals surface area contributed by atoms with Crippen LogP contribution in [0.1, 0.15) is 68.3 Å². The van der Waals surface area contributed by atoms with Crippen LogP contribution in [0.3, 0.4) is 0 Å². The lowest BCUT2D eigenvalue weighted by atomic mass is 10.0. The fraction of sp³-hybridized carbons (Fsp3) is 0.500. The van der Waals surface area contributed by atoms with Gasteiger partial charge in [0.15, 0.2) is 6.10 Å². The lowest BCUT2D eigenvalue weighted by Crippen LogP contribution is -2.26. The van der Waals surface area contributed by atoms with E-state index in [9.17, 15) is 18.4 Å². The van der Waals surface area contributed by atoms with E-state index in [1.54, 1.807) is 6.92 Å². The molecule has 0 bridgehead atoms. The summed E-state index contributed by atoms with van der Waals surface area (Å²) in [5.74, 6) is -2.10. The first kappa shape index (κ1) is 28.3. The summed E-state index contributed by atoms with van der Waals surface area (Å²) in [5, 5.41) is 0. The van der Waals surface area contributed by atoms with Gasteiger partial charge >= 0.3 is 11.9 Å². The average molecular weight is 494 g/mol. The van der Waals surface area contributed by atoms with Gasteiger partial charge in [-0.1, -0.05) is 38.8 Å². The SMILES string of the molecule is CCCCOC[C@@H](c1ccc(OC(=O)c2ccc(OC(=O)[C@H](C)OCCCC)nc2)cc1)C(F)F. The number of alkyl halides is 2. The number of pyridine rings is 1. The molecule has 2 aromatic rings. The highest BCUT2D eigenvalue weighted by Crippen LogP contribution is 2.26. The normalized spacial score (nSPS) is 12.9. The molecule has 9 heteroatoms. The Morgan fingerprint density at radius 2 is 1.63 bits per heavy atom. The predicted molar refractivity (Wildman–Crippen MR) is 126 cm³/mol. The molecule has 0 saturated carbocycles. The van der Waals surface area contributed by atoms with Crippen molar-refractivity contribution in [3.63, 3.8) is 0 Å². The fourth-order valence-electron chi connectivity index (χ4n) is 2.94. The Kier molecular flexibility index (Phi) is 12.3. The van der Waals surface area contributed by atoms with Crippen LogP contribution < -0.4 is 9.47 Å². The van der Waals surface area contributed by atoms with Crippen LogP contribution >= 0.6 is 0 Å². The minimum absolute atomic E-state index is 0.0287. The fourth-order valence-corrected chi connectivity index (χ4v) is 2.94. The molecule has 0 aliphatic carbocycles. The third-order valence-electron chi connectivity index (χ3n) is 5.14. The number of nitrogens with zero attached hydrogens (tertiary/aromatic N) is 1. The van der Waals surface area contributed by atoms with Crippen molar-refractivity contribution in [2.24, 2.45) is 0 Å². The highest BCUT2D eigenvalue weighted by molar-refractivity contribution is 5.90. The maximum Gasteiger partial charge on any atom is 0.345 e. The average Bonchev–Trinajstić information content (AvgIpc) is 2.85. The smallest absolute Gasteiger partial charge is 0.345 e. The first-order valence-electron chi connectivity index (χ1n) is 11.8. The van der Waals surface area contributed by atoms with Gasteiger partial charge in [-0.25, -0.2) is 23.4 Å². The Labute approximate surface area is 204 Å². The third kappa shape index (κ3) is 9.70. The van der Waals surface area contributed by atoms with Crippen LogP contribution in [0.5, 0.6) is 11.6 Å². The van der Waals surface area contributed by atoms with Crippen LogP contribution in [-0.4, -0.2) is 49.3 Å². The minimum Gasteiger partial charge on any atom is -0.423 e. The van der Waals surface area contributed by atoms with Gasteiger partial charge in [-0.15, -0.1) is 0 Å². The van der Waals surface area contributed by atoms with Gasteiger partial charge in [0.2, 0.25) is 12.3 Å². The van der Waals surface area contributed by atoms with Crippen molar-refractivity contribution < 1.29 is 37.3 Å². The summed E-state index contributed by atoms with van der Waals surface area (Å²) in [5.41, 5.74) is 0.535. The molecule has 0 saturated heterocycles. The first-order chi connectivity index (χ1) is 16.8. The van der Waals surface area contributed by atoms with Crippen molar-refractivity contribution in [2.45, 2.75) is 64.9 Å². The van der Waals surface area contributed by atoms with Crippen molar-refractivity contribution in [3.05, 3.63) is 53.7 Å². The summed E-state index contributed by atoms with van der Waals surface area (Å²) in [7, 11) is 0. The van der Waals surface area contributed by atoms with Crippen molar-refractivity contribution >= 4 is 11.9 Å². The van der Waals surface area contributed by atoms with E-state index in [2.05, 4.69) is 4.98 Å². The molecule has 0 radical (unpaired) electrons. The van der Waals surface area contributed by atoms with Gasteiger partial charge in [-0.2, -0.15) is 0 Å². The number of carbonyl (C=O) groups excluding carboxylic acids is 2. The van der Waals surface area contributed by atoms with E-state index < -0.39 is 30.4 Å². The Bertz CT molecular complexity index is 905. The Hall–Kier alpha value is -2.91. The molecule has 35 heavy (non-hydrogen) atoms. The maximum atomic E-state index is 13.4. The molecule has 1 aromatic heterocycles. The highest BCUT2D eigenvalue weighted by atomic mass is 19.3. The molecular weight excluding hydrogens is 460 g/mol. The second-order valence-corrected chi connectivity index (χ2v) is 8.00. The molecule has 7 nitrogen and oxygen atoms in total. The molecular formula is C26H33F2NO6. The Balaban J connectivity index is 1.91. The quantitative estimate of drug-likeness (QED) is 0.182. The van der Waals surface area contributed by atoms with Crippen LogP contribution in [0.15, 0.2) is 42.6 Å². The number of ether oxygens (including phenoxy) is 4. The molecule has 0 N–H and O–H groups in total. The summed E-state index contributed by atoms with van der Waals surface area (Å²) in [6.45, 7) is 6.43. The van der Waals surface area contributed by atoms with Crippen LogP contribution in [0.4, 0.5) is 8.78 Å². The van der Waals surface area contributed by atoms with Crippen molar-refractivity contribution in [1.29, 1.82) is 0 Å². The van der Waals surface area contributed by atoms with E-state index in [4.69, 9.17) is 18.9 Å². The number of carbonyl (C=O) groups is 2. The Morgan fingerprint density at radius 1 is 0.943 bits per heavy atom. The largest absolute Gasteiger partial charge is 0.423 e. The van der Waals surface area contributed by atoms with Gasteiger partial charge in [0.05, 0.1) is 18.1 Å². The van der Waals surface area contributed by atoms with Crippen molar-refractivity contribution in [3.8, 4) is 11.6 Å². The zero-order valence-corrected chi connectivity index (χ0v) is 20.4. The van der Waals surface area contributed by atoms with Crippen LogP contribution in [0, 0.1) is 0 Å². The molecule has 0 amide bonds. The number of esters is 2. The standard InChI is InChI=1S/C26H33F2NO6/c1-4-6-14-32-17-22(24(27)28)19-8-11-21(12-9-19)34-26(31)20-10-13-23(29-16-20)35-25(30)18(3)33-15-7-5-2/h8-13,16,18,22,24H,4-7,14-15,17H2,1-3H3/t18-,22-/m0/s1. The van der Waals surface area contributed by atoms with E-state index >= 15 is 0 Å². The molecule has 1 heterocycles. The zero-order chi connectivity index (χ0) is 25.6. The summed E-state index contributed by atoms with van der Waals surface area (Å²) in [4.78, 5) is 28.4. The third-order valence-corrected chi connectivity index (χ3v) is 5.14. The number of rotatable bonds is 15. The lowest BCUT2D eigenvalue weighted by molar-refractivity contribution is -0.146. The van der Waals surface area contributed by atoms with Gasteiger partial charge in [-0.05, 0) is 43.5 Å². The molecule has 2 rings (SSSR count). The van der Waals surface area contributed by atoms with Crippen LogP contribution in [0.2, 0.25) is 0 Å². The van der Waals surface area contributed by atoms with E-state index in [1.165, 1.54) is 42.6 Å². The van der Waals surface area contributed by atoms with Gasteiger partial charge in [0.1, 0.15) is 5.75 Å². The summed E-state index contributed by atoms with van der Waals surface area (Å²) < 4.78 is 48.1. The Morgan fingerprint density at radius 3 is 2.23 bits per heavy atom. The number of hydrogen-bond acceptors (Lipinski definition) is 7. The van der Waals surface area contributed by atoms with Crippen molar-refractivity contribution in [1.82, 2.24) is 4.98 Å². The number of halogens is 2. The van der Waals surface area contributed by atoms with Crippen LogP contribution in [-0.2, 0) is 14.3 Å². The zero-order valence-electron chi connectivity index (χ0n) is 20.4. The highest BCUT2D eigenvalue weighted by Gasteiger charge is 2.23. The molecule has 0 unspecified atom stereocenters. The van der Waals surface area contributed by atoms with E-state index in [0.717, 1.165) is 25.7 Å². The monoisotopic (exact) mass is 493 g/mol. The molecule has 0 aliphatic rings. The molecule has 2 atom stereocenters. The maximum absolute atomic E-state index is 13.4. The lowest BCUT2D eigenvalue weighted by Gasteiger charge is -2.17. The van der Waals surface area contributed by atoms with Gasteiger partial charge in [-0.3, -0.25) is 0 Å². The number of benzene rings is 1. The van der Waals surface area contributed by atoms with Crippen LogP contribution in [0.25, 0.3) is 0 Å².